The Morgan fingerprint density at radius 1 is 1.29 bits per heavy atom. The lowest BCUT2D eigenvalue weighted by Gasteiger charge is -2.10. The van der Waals surface area contributed by atoms with Gasteiger partial charge in [0, 0.05) is 18.8 Å². The summed E-state index contributed by atoms with van der Waals surface area (Å²) >= 11 is 0. The van der Waals surface area contributed by atoms with Gasteiger partial charge in [-0.2, -0.15) is 0 Å². The van der Waals surface area contributed by atoms with E-state index in [1.54, 1.807) is 20.5 Å². The first-order valence-electron chi connectivity index (χ1n) is 5.24. The summed E-state index contributed by atoms with van der Waals surface area (Å²) in [6, 6.07) is 5.62. The van der Waals surface area contributed by atoms with Crippen LogP contribution in [0.25, 0.3) is 5.69 Å². The molecule has 5 nitrogen and oxygen atoms in total. The van der Waals surface area contributed by atoms with Crippen LogP contribution < -0.4 is 15.2 Å². The molecule has 0 saturated carbocycles. The van der Waals surface area contributed by atoms with Gasteiger partial charge in [-0.05, 0) is 12.1 Å². The van der Waals surface area contributed by atoms with Crippen LogP contribution in [0, 0.1) is 0 Å². The highest BCUT2D eigenvalue weighted by molar-refractivity contribution is 5.51. The summed E-state index contributed by atoms with van der Waals surface area (Å²) in [5, 5.41) is 0. The van der Waals surface area contributed by atoms with Gasteiger partial charge in [0.15, 0.2) is 0 Å². The number of imidazole rings is 1. The Kier molecular flexibility index (Phi) is 3.30. The van der Waals surface area contributed by atoms with Gasteiger partial charge in [-0.3, -0.25) is 0 Å². The molecule has 0 aliphatic rings. The summed E-state index contributed by atoms with van der Waals surface area (Å²) in [6.45, 7) is 0.422. The molecule has 90 valence electrons. The van der Waals surface area contributed by atoms with E-state index in [4.69, 9.17) is 15.2 Å². The van der Waals surface area contributed by atoms with E-state index in [1.807, 2.05) is 29.0 Å². The van der Waals surface area contributed by atoms with E-state index in [-0.39, 0.29) is 0 Å². The van der Waals surface area contributed by atoms with Crippen LogP contribution in [0.3, 0.4) is 0 Å². The first-order valence-corrected chi connectivity index (χ1v) is 5.24. The van der Waals surface area contributed by atoms with Crippen LogP contribution in [0.15, 0.2) is 30.7 Å². The van der Waals surface area contributed by atoms with E-state index in [9.17, 15) is 0 Å². The molecule has 0 aliphatic carbocycles. The van der Waals surface area contributed by atoms with Crippen molar-refractivity contribution in [3.63, 3.8) is 0 Å². The Morgan fingerprint density at radius 3 is 2.71 bits per heavy atom. The molecular formula is C12H15N3O2. The van der Waals surface area contributed by atoms with E-state index in [1.165, 1.54) is 0 Å². The maximum absolute atomic E-state index is 5.53. The number of ether oxygens (including phenoxy) is 2. The maximum Gasteiger partial charge on any atom is 0.146 e. The predicted octanol–water partition coefficient (Wildman–Crippen LogP) is 1.35. The fourth-order valence-electron chi connectivity index (χ4n) is 1.60. The van der Waals surface area contributed by atoms with Crippen LogP contribution in [0.2, 0.25) is 0 Å². The quantitative estimate of drug-likeness (QED) is 0.865. The minimum Gasteiger partial charge on any atom is -0.497 e. The second-order valence-corrected chi connectivity index (χ2v) is 3.51. The zero-order chi connectivity index (χ0) is 12.3. The fraction of sp³-hybridized carbons (Fsp3) is 0.250. The summed E-state index contributed by atoms with van der Waals surface area (Å²) in [5.74, 6) is 1.48. The molecule has 0 saturated heterocycles. The second-order valence-electron chi connectivity index (χ2n) is 3.51. The van der Waals surface area contributed by atoms with Crippen molar-refractivity contribution in [1.29, 1.82) is 0 Å². The number of benzene rings is 1. The van der Waals surface area contributed by atoms with Crippen LogP contribution in [-0.4, -0.2) is 23.8 Å². The minimum atomic E-state index is 0.422. The monoisotopic (exact) mass is 233 g/mol. The molecular weight excluding hydrogens is 218 g/mol. The number of nitrogens with zero attached hydrogens (tertiary/aromatic N) is 2. The maximum atomic E-state index is 5.53. The van der Waals surface area contributed by atoms with Gasteiger partial charge < -0.3 is 19.8 Å². The lowest BCUT2D eigenvalue weighted by molar-refractivity contribution is 0.393. The zero-order valence-electron chi connectivity index (χ0n) is 9.88. The molecule has 0 aliphatic heterocycles. The Balaban J connectivity index is 2.43. The molecule has 0 fully saturated rings. The highest BCUT2D eigenvalue weighted by Gasteiger charge is 2.07. The molecule has 1 aromatic carbocycles. The molecule has 0 atom stereocenters. The summed E-state index contributed by atoms with van der Waals surface area (Å²) in [7, 11) is 3.25. The van der Waals surface area contributed by atoms with Crippen molar-refractivity contribution in [3.05, 3.63) is 36.4 Å². The van der Waals surface area contributed by atoms with E-state index >= 15 is 0 Å². The van der Waals surface area contributed by atoms with Crippen LogP contribution in [0.4, 0.5) is 0 Å². The van der Waals surface area contributed by atoms with Crippen LogP contribution in [0.5, 0.6) is 11.5 Å². The highest BCUT2D eigenvalue weighted by atomic mass is 16.5. The molecule has 0 unspecified atom stereocenters. The number of methoxy groups -OCH3 is 2. The standard InChI is InChI=1S/C12H15N3O2/c1-16-10-3-4-11(12(5-10)17-2)15-7-9(6-13)14-8-15/h3-5,7-8H,6,13H2,1-2H3. The van der Waals surface area contributed by atoms with Crippen molar-refractivity contribution in [3.8, 4) is 17.2 Å². The van der Waals surface area contributed by atoms with Gasteiger partial charge in [-0.15, -0.1) is 0 Å². The van der Waals surface area contributed by atoms with Gasteiger partial charge in [-0.25, -0.2) is 4.98 Å². The molecule has 5 heteroatoms. The third-order valence-corrected chi connectivity index (χ3v) is 2.51. The van der Waals surface area contributed by atoms with Gasteiger partial charge in [0.25, 0.3) is 0 Å². The Bertz CT molecular complexity index is 508. The lowest BCUT2D eigenvalue weighted by atomic mass is 10.2. The zero-order valence-corrected chi connectivity index (χ0v) is 9.88. The summed E-state index contributed by atoms with van der Waals surface area (Å²) < 4.78 is 12.3. The number of nitrogens with two attached hydrogens (primary N) is 1. The number of aromatic nitrogens is 2. The van der Waals surface area contributed by atoms with Gasteiger partial charge >= 0.3 is 0 Å². The largest absolute Gasteiger partial charge is 0.497 e. The molecule has 0 bridgehead atoms. The van der Waals surface area contributed by atoms with Crippen molar-refractivity contribution in [2.24, 2.45) is 5.73 Å². The minimum absolute atomic E-state index is 0.422. The Morgan fingerprint density at radius 2 is 2.12 bits per heavy atom. The second kappa shape index (κ2) is 4.88. The average Bonchev–Trinajstić information content (AvgIpc) is 2.86. The third-order valence-electron chi connectivity index (χ3n) is 2.51. The molecule has 1 aromatic heterocycles. The SMILES string of the molecule is COc1ccc(-n2cnc(CN)c2)c(OC)c1. The first-order chi connectivity index (χ1) is 8.28. The molecule has 0 amide bonds. The van der Waals surface area contributed by atoms with Gasteiger partial charge in [0.2, 0.25) is 0 Å². The molecule has 2 aromatic rings. The van der Waals surface area contributed by atoms with E-state index in [2.05, 4.69) is 4.98 Å². The number of hydrogen-bond acceptors (Lipinski definition) is 4. The molecule has 0 spiro atoms. The van der Waals surface area contributed by atoms with E-state index in [0.717, 1.165) is 22.9 Å². The molecule has 17 heavy (non-hydrogen) atoms. The van der Waals surface area contributed by atoms with Gasteiger partial charge in [-0.1, -0.05) is 0 Å². The topological polar surface area (TPSA) is 62.3 Å². The van der Waals surface area contributed by atoms with Crippen molar-refractivity contribution >= 4 is 0 Å². The Hall–Kier alpha value is -2.01. The van der Waals surface area contributed by atoms with Gasteiger partial charge in [0.1, 0.15) is 11.5 Å². The number of hydrogen-bond donors (Lipinski definition) is 1. The molecule has 0 radical (unpaired) electrons. The molecule has 1 heterocycles. The van der Waals surface area contributed by atoms with Crippen molar-refractivity contribution < 1.29 is 9.47 Å². The van der Waals surface area contributed by atoms with Crippen LogP contribution in [-0.2, 0) is 6.54 Å². The van der Waals surface area contributed by atoms with Crippen LogP contribution in [0.1, 0.15) is 5.69 Å². The van der Waals surface area contributed by atoms with Crippen molar-refractivity contribution in [2.45, 2.75) is 6.54 Å². The van der Waals surface area contributed by atoms with Crippen molar-refractivity contribution in [1.82, 2.24) is 9.55 Å². The summed E-state index contributed by atoms with van der Waals surface area (Å²) in [6.07, 6.45) is 3.59. The van der Waals surface area contributed by atoms with E-state index in [0.29, 0.717) is 6.54 Å². The highest BCUT2D eigenvalue weighted by Crippen LogP contribution is 2.27. The lowest BCUT2D eigenvalue weighted by Crippen LogP contribution is -1.97. The summed E-state index contributed by atoms with van der Waals surface area (Å²) in [4.78, 5) is 4.18. The smallest absolute Gasteiger partial charge is 0.146 e. The van der Waals surface area contributed by atoms with Crippen LogP contribution >= 0.6 is 0 Å². The number of rotatable bonds is 4. The molecule has 2 rings (SSSR count). The molecule has 2 N–H and O–H groups in total. The van der Waals surface area contributed by atoms with Gasteiger partial charge in [0.05, 0.1) is 31.9 Å². The fourth-order valence-corrected chi connectivity index (χ4v) is 1.60. The van der Waals surface area contributed by atoms with Crippen molar-refractivity contribution in [2.75, 3.05) is 14.2 Å². The van der Waals surface area contributed by atoms with E-state index < -0.39 is 0 Å². The predicted molar refractivity (Wildman–Crippen MR) is 64.6 cm³/mol. The Labute approximate surface area is 99.8 Å². The third kappa shape index (κ3) is 2.24. The first kappa shape index (κ1) is 11.5. The average molecular weight is 233 g/mol. The normalized spacial score (nSPS) is 10.3. The summed E-state index contributed by atoms with van der Waals surface area (Å²) in [5.41, 5.74) is 7.27.